The van der Waals surface area contributed by atoms with Crippen LogP contribution < -0.4 is 9.80 Å². The molecule has 8 heteroatoms. The van der Waals surface area contributed by atoms with Crippen LogP contribution in [0.2, 0.25) is 0 Å². The minimum Gasteiger partial charge on any atom is -0.305 e. The van der Waals surface area contributed by atoms with E-state index in [-0.39, 0.29) is 0 Å². The fourth-order valence-electron chi connectivity index (χ4n) is 10.6. The first-order valence-electron chi connectivity index (χ1n) is 26.7. The van der Waals surface area contributed by atoms with E-state index in [1.54, 1.807) is 0 Å². The summed E-state index contributed by atoms with van der Waals surface area (Å²) in [7, 11) is 0. The lowest BCUT2D eigenvalue weighted by molar-refractivity contribution is 1.09. The van der Waals surface area contributed by atoms with Gasteiger partial charge in [0.1, 0.15) is 5.82 Å². The Morgan fingerprint density at radius 1 is 0.200 bits per heavy atom. The third-order valence-electron chi connectivity index (χ3n) is 14.4. The molecule has 0 N–H and O–H groups in total. The summed E-state index contributed by atoms with van der Waals surface area (Å²) in [6, 6.07) is 100. The molecular formula is C72H48N8. The minimum atomic E-state index is 0.577. The number of hydrogen-bond donors (Lipinski definition) is 0. The lowest BCUT2D eigenvalue weighted by Crippen LogP contribution is -2.25. The number of nitrogens with zero attached hydrogens (tertiary/aromatic N) is 8. The number of aromatic nitrogens is 6. The van der Waals surface area contributed by atoms with Crippen molar-refractivity contribution in [2.75, 3.05) is 9.80 Å². The van der Waals surface area contributed by atoms with Crippen LogP contribution in [-0.4, -0.2) is 29.9 Å². The number of rotatable bonds is 11. The highest BCUT2D eigenvalue weighted by Gasteiger charge is 2.35. The van der Waals surface area contributed by atoms with Gasteiger partial charge in [0, 0.05) is 56.1 Å². The van der Waals surface area contributed by atoms with E-state index in [1.807, 2.05) is 97.1 Å². The SMILES string of the molecule is c1ccc(-c2cc(-c3ccccc3)nc(-c3cc(-c4ccccc4)c(N4c5ccccc5N(c5cc(-c6ccccc6)nc(-c6ccccc6)n5)c5ccccc54)c(-c4cc(-c5ccccc5)nc(-c5ccccc5)n4)c3)n2)cc1. The molecule has 0 radical (unpaired) electrons. The van der Waals surface area contributed by atoms with Gasteiger partial charge in [-0.2, -0.15) is 0 Å². The second-order valence-electron chi connectivity index (χ2n) is 19.5. The predicted molar refractivity (Wildman–Crippen MR) is 325 cm³/mol. The van der Waals surface area contributed by atoms with Crippen molar-refractivity contribution < 1.29 is 0 Å². The van der Waals surface area contributed by atoms with Crippen molar-refractivity contribution in [2.24, 2.45) is 0 Å². The standard InChI is InChI=1S/C72H48N8/c1-8-26-49(27-9-1)57-44-56(72-74-59(50-28-10-2-11-29-50)46-60(75-72)51-30-12-3-13-31-51)45-58(63-47-61(52-32-14-4-15-33-52)73-70(77-63)54-36-18-6-19-37-54)69(57)80-66-42-24-22-40-64(66)79(65-41-23-25-43-67(65)80)68-48-62(53-34-16-5-17-35-53)76-71(78-68)55-38-20-7-21-39-55/h1-48H. The molecule has 0 saturated carbocycles. The van der Waals surface area contributed by atoms with Crippen LogP contribution >= 0.6 is 0 Å². The molecule has 0 atom stereocenters. The van der Waals surface area contributed by atoms with E-state index in [1.165, 1.54) is 0 Å². The molecule has 0 fully saturated rings. The van der Waals surface area contributed by atoms with Crippen LogP contribution in [0.1, 0.15) is 0 Å². The van der Waals surface area contributed by atoms with Crippen molar-refractivity contribution >= 4 is 34.3 Å². The summed E-state index contributed by atoms with van der Waals surface area (Å²) in [5.41, 5.74) is 18.0. The molecule has 4 heterocycles. The molecule has 3 aromatic heterocycles. The van der Waals surface area contributed by atoms with Gasteiger partial charge in [-0.3, -0.25) is 4.90 Å². The van der Waals surface area contributed by atoms with Crippen molar-refractivity contribution in [1.29, 1.82) is 0 Å². The van der Waals surface area contributed by atoms with Gasteiger partial charge >= 0.3 is 0 Å². The van der Waals surface area contributed by atoms with Gasteiger partial charge < -0.3 is 4.90 Å². The van der Waals surface area contributed by atoms with Crippen LogP contribution in [0.4, 0.5) is 34.3 Å². The Bertz CT molecular complexity index is 4120. The van der Waals surface area contributed by atoms with E-state index in [0.29, 0.717) is 17.5 Å². The van der Waals surface area contributed by atoms with E-state index < -0.39 is 0 Å². The van der Waals surface area contributed by atoms with E-state index >= 15 is 0 Å². The van der Waals surface area contributed by atoms with Gasteiger partial charge in [-0.25, -0.2) is 29.9 Å². The Labute approximate surface area is 464 Å². The molecule has 0 unspecified atom stereocenters. The van der Waals surface area contributed by atoms with Gasteiger partial charge in [0.05, 0.1) is 56.9 Å². The average molecular weight is 1030 g/mol. The van der Waals surface area contributed by atoms with E-state index in [4.69, 9.17) is 29.9 Å². The molecule has 13 aromatic rings. The molecule has 10 aromatic carbocycles. The highest BCUT2D eigenvalue weighted by Crippen LogP contribution is 2.58. The monoisotopic (exact) mass is 1020 g/mol. The zero-order chi connectivity index (χ0) is 53.2. The molecular weight excluding hydrogens is 977 g/mol. The summed E-state index contributed by atoms with van der Waals surface area (Å²) in [6.07, 6.45) is 0. The molecule has 80 heavy (non-hydrogen) atoms. The number of para-hydroxylation sites is 4. The maximum atomic E-state index is 5.60. The quantitative estimate of drug-likeness (QED) is 0.127. The van der Waals surface area contributed by atoms with Crippen LogP contribution in [-0.2, 0) is 0 Å². The summed E-state index contributed by atoms with van der Waals surface area (Å²) in [4.78, 5) is 37.1. The van der Waals surface area contributed by atoms with Crippen molar-refractivity contribution in [1.82, 2.24) is 29.9 Å². The van der Waals surface area contributed by atoms with Crippen LogP contribution in [0.15, 0.2) is 291 Å². The summed E-state index contributed by atoms with van der Waals surface area (Å²) < 4.78 is 0. The highest BCUT2D eigenvalue weighted by atomic mass is 15.3. The number of anilines is 6. The lowest BCUT2D eigenvalue weighted by atomic mass is 9.91. The zero-order valence-corrected chi connectivity index (χ0v) is 43.3. The first-order chi connectivity index (χ1) is 39.7. The summed E-state index contributed by atoms with van der Waals surface area (Å²) >= 11 is 0. The van der Waals surface area contributed by atoms with E-state index in [9.17, 15) is 0 Å². The highest BCUT2D eigenvalue weighted by molar-refractivity contribution is 6.08. The molecule has 0 amide bonds. The van der Waals surface area contributed by atoms with Crippen molar-refractivity contribution in [3.63, 3.8) is 0 Å². The minimum absolute atomic E-state index is 0.577. The summed E-state index contributed by atoms with van der Waals surface area (Å²) in [5, 5.41) is 0. The second kappa shape index (κ2) is 20.9. The first-order valence-corrected chi connectivity index (χ1v) is 26.7. The van der Waals surface area contributed by atoms with Crippen molar-refractivity contribution in [2.45, 2.75) is 0 Å². The summed E-state index contributed by atoms with van der Waals surface area (Å²) in [5.74, 6) is 2.54. The smallest absolute Gasteiger partial charge is 0.162 e. The van der Waals surface area contributed by atoms with Crippen molar-refractivity contribution in [3.8, 4) is 102 Å². The Morgan fingerprint density at radius 3 is 0.900 bits per heavy atom. The Kier molecular flexibility index (Phi) is 12.4. The third kappa shape index (κ3) is 9.12. The molecule has 0 aliphatic carbocycles. The average Bonchev–Trinajstić information content (AvgIpc) is 3.64. The Balaban J connectivity index is 1.07. The third-order valence-corrected chi connectivity index (χ3v) is 14.4. The molecule has 8 nitrogen and oxygen atoms in total. The van der Waals surface area contributed by atoms with Crippen molar-refractivity contribution in [3.05, 3.63) is 291 Å². The fourth-order valence-corrected chi connectivity index (χ4v) is 10.6. The predicted octanol–water partition coefficient (Wildman–Crippen LogP) is 18.3. The molecule has 0 spiro atoms. The van der Waals surface area contributed by atoms with Gasteiger partial charge in [0.2, 0.25) is 0 Å². The second-order valence-corrected chi connectivity index (χ2v) is 19.5. The summed E-state index contributed by atoms with van der Waals surface area (Å²) in [6.45, 7) is 0. The van der Waals surface area contributed by atoms with Gasteiger partial charge in [-0.15, -0.1) is 0 Å². The Morgan fingerprint density at radius 2 is 0.487 bits per heavy atom. The van der Waals surface area contributed by atoms with Gasteiger partial charge in [-0.05, 0) is 54.1 Å². The molecule has 0 bridgehead atoms. The molecule has 1 aliphatic heterocycles. The van der Waals surface area contributed by atoms with Crippen LogP contribution in [0, 0.1) is 0 Å². The van der Waals surface area contributed by atoms with Gasteiger partial charge in [-0.1, -0.05) is 237 Å². The Hall–Kier alpha value is -11.0. The number of benzene rings is 10. The topological polar surface area (TPSA) is 83.8 Å². The normalized spacial score (nSPS) is 11.7. The number of hydrogen-bond acceptors (Lipinski definition) is 8. The zero-order valence-electron chi connectivity index (χ0n) is 43.3. The molecule has 0 saturated heterocycles. The fraction of sp³-hybridized carbons (Fsp3) is 0. The van der Waals surface area contributed by atoms with Crippen LogP contribution in [0.3, 0.4) is 0 Å². The largest absolute Gasteiger partial charge is 0.305 e. The molecule has 1 aliphatic rings. The lowest BCUT2D eigenvalue weighted by Gasteiger charge is -2.41. The number of fused-ring (bicyclic) bond motifs is 2. The van der Waals surface area contributed by atoms with E-state index in [2.05, 4.69) is 204 Å². The molecule has 376 valence electrons. The van der Waals surface area contributed by atoms with Gasteiger partial charge in [0.15, 0.2) is 17.5 Å². The van der Waals surface area contributed by atoms with Crippen LogP contribution in [0.5, 0.6) is 0 Å². The van der Waals surface area contributed by atoms with Crippen LogP contribution in [0.25, 0.3) is 102 Å². The molecule has 14 rings (SSSR count). The first kappa shape index (κ1) is 47.5. The van der Waals surface area contributed by atoms with Gasteiger partial charge in [0.25, 0.3) is 0 Å². The maximum absolute atomic E-state index is 5.60. The van der Waals surface area contributed by atoms with E-state index in [0.717, 1.165) is 118 Å². The maximum Gasteiger partial charge on any atom is 0.162 e.